The number of nitrogens with zero attached hydrogens (tertiary/aromatic N) is 2. The maximum atomic E-state index is 13.6. The standard InChI is InChI=1S/C13H17FN2O4S/c1-9(2)8-15(10-6-7-10)21(19,20)12-5-3-4-11(14)13(12)16(17)18/h3-5,9-10H,6-8H2,1-2H3. The minimum absolute atomic E-state index is 0.0768. The van der Waals surface area contributed by atoms with Crippen LogP contribution in [-0.4, -0.2) is 30.2 Å². The fourth-order valence-corrected chi connectivity index (χ4v) is 4.19. The number of benzene rings is 1. The summed E-state index contributed by atoms with van der Waals surface area (Å²) in [5, 5.41) is 11.0. The van der Waals surface area contributed by atoms with Crippen molar-refractivity contribution in [3.63, 3.8) is 0 Å². The topological polar surface area (TPSA) is 80.5 Å². The number of hydrogen-bond acceptors (Lipinski definition) is 4. The predicted octanol–water partition coefficient (Wildman–Crippen LogP) is 2.54. The van der Waals surface area contributed by atoms with Crippen molar-refractivity contribution in [2.75, 3.05) is 6.54 Å². The van der Waals surface area contributed by atoms with Gasteiger partial charge in [0.25, 0.3) is 0 Å². The Morgan fingerprint density at radius 3 is 2.52 bits per heavy atom. The average Bonchev–Trinajstić information content (AvgIpc) is 3.18. The molecule has 6 nitrogen and oxygen atoms in total. The molecule has 2 rings (SSSR count). The summed E-state index contributed by atoms with van der Waals surface area (Å²) in [5.41, 5.74) is -0.980. The first-order chi connectivity index (χ1) is 9.75. The summed E-state index contributed by atoms with van der Waals surface area (Å²) >= 11 is 0. The van der Waals surface area contributed by atoms with Gasteiger partial charge >= 0.3 is 5.69 Å². The number of nitro benzene ring substituents is 1. The van der Waals surface area contributed by atoms with Gasteiger partial charge in [-0.2, -0.15) is 8.70 Å². The minimum Gasteiger partial charge on any atom is -0.258 e. The Balaban J connectivity index is 2.52. The normalized spacial score (nSPS) is 15.7. The van der Waals surface area contributed by atoms with Crippen LogP contribution in [0.3, 0.4) is 0 Å². The molecule has 0 radical (unpaired) electrons. The first kappa shape index (κ1) is 15.8. The number of nitro groups is 1. The minimum atomic E-state index is -4.08. The Kier molecular flexibility index (Phi) is 4.29. The van der Waals surface area contributed by atoms with Gasteiger partial charge < -0.3 is 0 Å². The van der Waals surface area contributed by atoms with Crippen LogP contribution in [0.15, 0.2) is 23.1 Å². The van der Waals surface area contributed by atoms with Gasteiger partial charge in [0.2, 0.25) is 15.8 Å². The van der Waals surface area contributed by atoms with Crippen LogP contribution in [0.1, 0.15) is 26.7 Å². The molecule has 0 aromatic heterocycles. The Labute approximate surface area is 122 Å². The molecular formula is C13H17FN2O4S. The average molecular weight is 316 g/mol. The van der Waals surface area contributed by atoms with E-state index in [9.17, 15) is 22.9 Å². The van der Waals surface area contributed by atoms with Crippen molar-refractivity contribution in [2.24, 2.45) is 5.92 Å². The first-order valence-electron chi connectivity index (χ1n) is 6.70. The Bertz CT molecular complexity index is 656. The largest absolute Gasteiger partial charge is 0.324 e. The molecule has 21 heavy (non-hydrogen) atoms. The van der Waals surface area contributed by atoms with Crippen molar-refractivity contribution in [3.8, 4) is 0 Å². The van der Waals surface area contributed by atoms with E-state index in [2.05, 4.69) is 0 Å². The summed E-state index contributed by atoms with van der Waals surface area (Å²) in [6.07, 6.45) is 1.46. The number of hydrogen-bond donors (Lipinski definition) is 0. The lowest BCUT2D eigenvalue weighted by Crippen LogP contribution is -2.36. The molecule has 1 fully saturated rings. The fourth-order valence-electron chi connectivity index (χ4n) is 2.17. The lowest BCUT2D eigenvalue weighted by Gasteiger charge is -2.23. The van der Waals surface area contributed by atoms with E-state index in [1.54, 1.807) is 0 Å². The molecule has 0 heterocycles. The zero-order chi connectivity index (χ0) is 15.8. The molecule has 116 valence electrons. The van der Waals surface area contributed by atoms with Crippen LogP contribution < -0.4 is 0 Å². The second kappa shape index (κ2) is 5.69. The summed E-state index contributed by atoms with van der Waals surface area (Å²) in [6.45, 7) is 4.00. The number of halogens is 1. The highest BCUT2D eigenvalue weighted by molar-refractivity contribution is 7.89. The third kappa shape index (κ3) is 3.21. The molecule has 0 atom stereocenters. The molecule has 0 aliphatic heterocycles. The SMILES string of the molecule is CC(C)CN(C1CC1)S(=O)(=O)c1cccc(F)c1[N+](=O)[O-]. The van der Waals surface area contributed by atoms with E-state index >= 15 is 0 Å². The van der Waals surface area contributed by atoms with Crippen molar-refractivity contribution in [1.29, 1.82) is 0 Å². The van der Waals surface area contributed by atoms with E-state index in [4.69, 9.17) is 0 Å². The van der Waals surface area contributed by atoms with E-state index in [0.717, 1.165) is 25.0 Å². The second-order valence-electron chi connectivity index (χ2n) is 5.54. The maximum Gasteiger partial charge on any atom is 0.324 e. The van der Waals surface area contributed by atoms with Crippen LogP contribution in [0.5, 0.6) is 0 Å². The van der Waals surface area contributed by atoms with Gasteiger partial charge in [-0.15, -0.1) is 0 Å². The molecule has 1 aliphatic carbocycles. The lowest BCUT2D eigenvalue weighted by atomic mass is 10.2. The Morgan fingerprint density at radius 1 is 1.43 bits per heavy atom. The molecule has 1 aliphatic rings. The molecule has 0 unspecified atom stereocenters. The van der Waals surface area contributed by atoms with Crippen molar-refractivity contribution < 1.29 is 17.7 Å². The first-order valence-corrected chi connectivity index (χ1v) is 8.14. The van der Waals surface area contributed by atoms with Gasteiger partial charge in [-0.05, 0) is 30.9 Å². The summed E-state index contributed by atoms with van der Waals surface area (Å²) in [5.74, 6) is -1.06. The van der Waals surface area contributed by atoms with Gasteiger partial charge in [-0.25, -0.2) is 8.42 Å². The molecule has 1 aromatic carbocycles. The van der Waals surface area contributed by atoms with Gasteiger partial charge in [0.1, 0.15) is 0 Å². The number of sulfonamides is 1. The van der Waals surface area contributed by atoms with Crippen molar-refractivity contribution in [3.05, 3.63) is 34.1 Å². The molecule has 0 bridgehead atoms. The third-order valence-corrected chi connectivity index (χ3v) is 5.17. The highest BCUT2D eigenvalue weighted by Gasteiger charge is 2.41. The van der Waals surface area contributed by atoms with E-state index in [-0.39, 0.29) is 18.5 Å². The zero-order valence-electron chi connectivity index (χ0n) is 11.8. The van der Waals surface area contributed by atoms with Gasteiger partial charge in [0, 0.05) is 12.6 Å². The highest BCUT2D eigenvalue weighted by atomic mass is 32.2. The van der Waals surface area contributed by atoms with Crippen molar-refractivity contribution in [2.45, 2.75) is 37.6 Å². The van der Waals surface area contributed by atoms with Gasteiger partial charge in [-0.1, -0.05) is 19.9 Å². The number of para-hydroxylation sites is 1. The summed E-state index contributed by atoms with van der Waals surface area (Å²) in [6, 6.07) is 3.02. The molecule has 0 saturated heterocycles. The summed E-state index contributed by atoms with van der Waals surface area (Å²) in [4.78, 5) is 9.45. The molecule has 0 N–H and O–H groups in total. The van der Waals surface area contributed by atoms with Crippen molar-refractivity contribution in [1.82, 2.24) is 4.31 Å². The quantitative estimate of drug-likeness (QED) is 0.596. The van der Waals surface area contributed by atoms with E-state index in [1.165, 1.54) is 10.4 Å². The van der Waals surface area contributed by atoms with Gasteiger partial charge in [0.15, 0.2) is 4.90 Å². The van der Waals surface area contributed by atoms with Crippen molar-refractivity contribution >= 4 is 15.7 Å². The monoisotopic (exact) mass is 316 g/mol. The van der Waals surface area contributed by atoms with Crippen LogP contribution in [0.25, 0.3) is 0 Å². The highest BCUT2D eigenvalue weighted by Crippen LogP contribution is 2.36. The van der Waals surface area contributed by atoms with Crippen LogP contribution in [-0.2, 0) is 10.0 Å². The van der Waals surface area contributed by atoms with Crippen LogP contribution in [0, 0.1) is 21.8 Å². The molecule has 1 saturated carbocycles. The fraction of sp³-hybridized carbons (Fsp3) is 0.538. The van der Waals surface area contributed by atoms with Crippen LogP contribution in [0.2, 0.25) is 0 Å². The third-order valence-electron chi connectivity index (χ3n) is 3.22. The Hall–Kier alpha value is -1.54. The van der Waals surface area contributed by atoms with Crippen LogP contribution >= 0.6 is 0 Å². The van der Waals surface area contributed by atoms with E-state index in [1.807, 2.05) is 13.8 Å². The number of rotatable bonds is 6. The van der Waals surface area contributed by atoms with Gasteiger partial charge in [-0.3, -0.25) is 10.1 Å². The molecular weight excluding hydrogens is 299 g/mol. The summed E-state index contributed by atoms with van der Waals surface area (Å²) < 4.78 is 40.3. The molecule has 1 aromatic rings. The van der Waals surface area contributed by atoms with Gasteiger partial charge in [0.05, 0.1) is 4.92 Å². The molecule has 8 heteroatoms. The lowest BCUT2D eigenvalue weighted by molar-refractivity contribution is -0.390. The molecule has 0 spiro atoms. The smallest absolute Gasteiger partial charge is 0.258 e. The molecule has 0 amide bonds. The summed E-state index contributed by atoms with van der Waals surface area (Å²) in [7, 11) is -4.08. The second-order valence-corrected chi connectivity index (χ2v) is 7.40. The van der Waals surface area contributed by atoms with Crippen LogP contribution in [0.4, 0.5) is 10.1 Å². The zero-order valence-corrected chi connectivity index (χ0v) is 12.6. The Morgan fingerprint density at radius 2 is 2.05 bits per heavy atom. The van der Waals surface area contributed by atoms with E-state index < -0.39 is 31.3 Å². The van der Waals surface area contributed by atoms with E-state index in [0.29, 0.717) is 0 Å². The maximum absolute atomic E-state index is 13.6. The predicted molar refractivity (Wildman–Crippen MR) is 74.8 cm³/mol.